The SMILES string of the molecule is C=C1CCCCC1O[C@@H]1O[C@@H](CN)C(O)[C@@H](O)C1O. The fraction of sp³-hybridized carbons (Fsp3) is 0.846. The topological polar surface area (TPSA) is 105 Å². The Bertz CT molecular complexity index is 322. The van der Waals surface area contributed by atoms with Crippen LogP contribution >= 0.6 is 0 Å². The third kappa shape index (κ3) is 3.16. The van der Waals surface area contributed by atoms with Crippen molar-refractivity contribution in [3.8, 4) is 0 Å². The molecule has 0 aromatic heterocycles. The lowest BCUT2D eigenvalue weighted by molar-refractivity contribution is -0.303. The molecule has 0 aromatic carbocycles. The van der Waals surface area contributed by atoms with Crippen LogP contribution in [0.4, 0.5) is 0 Å². The zero-order chi connectivity index (χ0) is 14.0. The number of ether oxygens (including phenoxy) is 2. The maximum absolute atomic E-state index is 9.91. The monoisotopic (exact) mass is 273 g/mol. The van der Waals surface area contributed by atoms with Gasteiger partial charge in [-0.3, -0.25) is 0 Å². The molecular weight excluding hydrogens is 250 g/mol. The summed E-state index contributed by atoms with van der Waals surface area (Å²) >= 11 is 0. The first kappa shape index (κ1) is 14.9. The Morgan fingerprint density at radius 1 is 1.21 bits per heavy atom. The molecule has 6 atom stereocenters. The molecular formula is C13H23NO5. The van der Waals surface area contributed by atoms with E-state index in [0.29, 0.717) is 0 Å². The summed E-state index contributed by atoms with van der Waals surface area (Å²) in [5.74, 6) is 0. The summed E-state index contributed by atoms with van der Waals surface area (Å²) < 4.78 is 11.1. The van der Waals surface area contributed by atoms with Gasteiger partial charge in [-0.05, 0) is 24.8 Å². The highest BCUT2D eigenvalue weighted by atomic mass is 16.7. The van der Waals surface area contributed by atoms with Gasteiger partial charge in [0.15, 0.2) is 6.29 Å². The van der Waals surface area contributed by atoms with Crippen LogP contribution in [0.1, 0.15) is 25.7 Å². The summed E-state index contributed by atoms with van der Waals surface area (Å²) in [6.45, 7) is 4.01. The molecule has 0 bridgehead atoms. The van der Waals surface area contributed by atoms with E-state index in [1.807, 2.05) is 0 Å². The molecule has 110 valence electrons. The van der Waals surface area contributed by atoms with Crippen LogP contribution in [-0.4, -0.2) is 58.7 Å². The molecule has 3 unspecified atom stereocenters. The van der Waals surface area contributed by atoms with Crippen molar-refractivity contribution in [2.75, 3.05) is 6.54 Å². The van der Waals surface area contributed by atoms with Crippen molar-refractivity contribution in [1.82, 2.24) is 0 Å². The van der Waals surface area contributed by atoms with Crippen molar-refractivity contribution in [2.45, 2.75) is 62.5 Å². The van der Waals surface area contributed by atoms with Crippen LogP contribution in [0.5, 0.6) is 0 Å². The van der Waals surface area contributed by atoms with Crippen molar-refractivity contribution in [3.63, 3.8) is 0 Å². The Balaban J connectivity index is 2.00. The average Bonchev–Trinajstić information content (AvgIpc) is 2.41. The van der Waals surface area contributed by atoms with Gasteiger partial charge in [-0.1, -0.05) is 13.0 Å². The molecule has 1 aliphatic carbocycles. The summed E-state index contributed by atoms with van der Waals surface area (Å²) in [4.78, 5) is 0. The zero-order valence-electron chi connectivity index (χ0n) is 10.9. The smallest absolute Gasteiger partial charge is 0.187 e. The minimum Gasteiger partial charge on any atom is -0.388 e. The summed E-state index contributed by atoms with van der Waals surface area (Å²) in [5, 5.41) is 29.4. The summed E-state index contributed by atoms with van der Waals surface area (Å²) in [6.07, 6.45) is -1.82. The van der Waals surface area contributed by atoms with E-state index >= 15 is 0 Å². The van der Waals surface area contributed by atoms with Crippen LogP contribution in [-0.2, 0) is 9.47 Å². The molecule has 6 heteroatoms. The lowest BCUT2D eigenvalue weighted by Crippen LogP contribution is -2.60. The number of aliphatic hydroxyl groups excluding tert-OH is 3. The maximum atomic E-state index is 9.91. The molecule has 0 aromatic rings. The third-order valence-electron chi connectivity index (χ3n) is 3.87. The minimum absolute atomic E-state index is 0.0520. The highest BCUT2D eigenvalue weighted by molar-refractivity contribution is 5.05. The zero-order valence-corrected chi connectivity index (χ0v) is 10.9. The molecule has 2 aliphatic rings. The van der Waals surface area contributed by atoms with Gasteiger partial charge >= 0.3 is 0 Å². The van der Waals surface area contributed by atoms with Crippen molar-refractivity contribution in [1.29, 1.82) is 0 Å². The summed E-state index contributed by atoms with van der Waals surface area (Å²) in [6, 6.07) is 0. The van der Waals surface area contributed by atoms with Crippen molar-refractivity contribution in [3.05, 3.63) is 12.2 Å². The number of hydrogen-bond acceptors (Lipinski definition) is 6. The Hall–Kier alpha value is -0.500. The molecule has 0 spiro atoms. The van der Waals surface area contributed by atoms with E-state index in [-0.39, 0.29) is 12.6 Å². The number of aliphatic hydroxyl groups is 3. The highest BCUT2D eigenvalue weighted by Crippen LogP contribution is 2.29. The molecule has 2 fully saturated rings. The molecule has 2 rings (SSSR count). The summed E-state index contributed by atoms with van der Waals surface area (Å²) in [5.41, 5.74) is 6.45. The van der Waals surface area contributed by atoms with Gasteiger partial charge in [-0.15, -0.1) is 0 Å². The van der Waals surface area contributed by atoms with Gasteiger partial charge in [-0.25, -0.2) is 0 Å². The number of hydrogen-bond donors (Lipinski definition) is 4. The highest BCUT2D eigenvalue weighted by Gasteiger charge is 2.44. The van der Waals surface area contributed by atoms with Gasteiger partial charge in [0.05, 0.1) is 6.10 Å². The van der Waals surface area contributed by atoms with Crippen LogP contribution in [0.25, 0.3) is 0 Å². The second-order valence-electron chi connectivity index (χ2n) is 5.28. The second-order valence-corrected chi connectivity index (χ2v) is 5.28. The molecule has 0 amide bonds. The van der Waals surface area contributed by atoms with Crippen molar-refractivity contribution >= 4 is 0 Å². The van der Waals surface area contributed by atoms with E-state index in [2.05, 4.69) is 6.58 Å². The van der Waals surface area contributed by atoms with E-state index in [1.165, 1.54) is 0 Å². The quantitative estimate of drug-likeness (QED) is 0.505. The molecule has 1 heterocycles. The molecule has 1 aliphatic heterocycles. The third-order valence-corrected chi connectivity index (χ3v) is 3.87. The van der Waals surface area contributed by atoms with Gasteiger partial charge in [0.25, 0.3) is 0 Å². The van der Waals surface area contributed by atoms with Gasteiger partial charge in [0.2, 0.25) is 0 Å². The van der Waals surface area contributed by atoms with E-state index in [1.54, 1.807) is 0 Å². The predicted molar refractivity (Wildman–Crippen MR) is 68.2 cm³/mol. The molecule has 1 saturated carbocycles. The predicted octanol–water partition coefficient (Wildman–Crippen LogP) is -0.732. The first-order valence-electron chi connectivity index (χ1n) is 6.77. The van der Waals surface area contributed by atoms with Crippen LogP contribution in [0, 0.1) is 0 Å². The Labute approximate surface area is 112 Å². The molecule has 0 radical (unpaired) electrons. The van der Waals surface area contributed by atoms with E-state index in [9.17, 15) is 15.3 Å². The molecule has 6 nitrogen and oxygen atoms in total. The Morgan fingerprint density at radius 2 is 1.95 bits per heavy atom. The molecule has 1 saturated heterocycles. The van der Waals surface area contributed by atoms with Gasteiger partial charge < -0.3 is 30.5 Å². The van der Waals surface area contributed by atoms with Crippen LogP contribution < -0.4 is 5.73 Å². The Kier molecular flexibility index (Phi) is 4.94. The fourth-order valence-corrected chi connectivity index (χ4v) is 2.60. The largest absolute Gasteiger partial charge is 0.388 e. The van der Waals surface area contributed by atoms with E-state index in [0.717, 1.165) is 31.3 Å². The lowest BCUT2D eigenvalue weighted by Gasteiger charge is -2.41. The molecule has 5 N–H and O–H groups in total. The van der Waals surface area contributed by atoms with Crippen molar-refractivity contribution in [2.24, 2.45) is 5.73 Å². The van der Waals surface area contributed by atoms with Crippen LogP contribution in [0.15, 0.2) is 12.2 Å². The standard InChI is InChI=1S/C13H23NO5/c1-7-4-2-3-5-8(7)18-13-12(17)11(16)10(15)9(6-14)19-13/h8-13,15-17H,1-6,14H2/t8?,9-,10?,11+,12?,13+/m0/s1. The van der Waals surface area contributed by atoms with E-state index < -0.39 is 30.7 Å². The fourth-order valence-electron chi connectivity index (χ4n) is 2.60. The minimum atomic E-state index is -1.32. The van der Waals surface area contributed by atoms with Gasteiger partial charge in [-0.2, -0.15) is 0 Å². The van der Waals surface area contributed by atoms with Crippen molar-refractivity contribution < 1.29 is 24.8 Å². The number of rotatable bonds is 3. The average molecular weight is 273 g/mol. The lowest BCUT2D eigenvalue weighted by atomic mass is 9.93. The normalized spacial score (nSPS) is 44.3. The molecule has 19 heavy (non-hydrogen) atoms. The van der Waals surface area contributed by atoms with Crippen LogP contribution in [0.3, 0.4) is 0 Å². The first-order chi connectivity index (χ1) is 9.04. The second kappa shape index (κ2) is 6.30. The maximum Gasteiger partial charge on any atom is 0.187 e. The first-order valence-corrected chi connectivity index (χ1v) is 6.77. The summed E-state index contributed by atoms with van der Waals surface area (Å²) in [7, 11) is 0. The van der Waals surface area contributed by atoms with E-state index in [4.69, 9.17) is 15.2 Å². The van der Waals surface area contributed by atoms with Gasteiger partial charge in [0, 0.05) is 6.54 Å². The van der Waals surface area contributed by atoms with Gasteiger partial charge in [0.1, 0.15) is 24.4 Å². The number of nitrogens with two attached hydrogens (primary N) is 1. The Morgan fingerprint density at radius 3 is 2.58 bits per heavy atom. The van der Waals surface area contributed by atoms with Crippen LogP contribution in [0.2, 0.25) is 0 Å².